The highest BCUT2D eigenvalue weighted by atomic mass is 35.5. The van der Waals surface area contributed by atoms with Gasteiger partial charge in [0.1, 0.15) is 5.36 Å². The number of fused-ring (bicyclic) bond motifs is 1. The van der Waals surface area contributed by atoms with Crippen molar-refractivity contribution in [1.29, 1.82) is 0 Å². The van der Waals surface area contributed by atoms with Gasteiger partial charge in [-0.3, -0.25) is 0 Å². The Labute approximate surface area is 86.1 Å². The van der Waals surface area contributed by atoms with Crippen molar-refractivity contribution in [3.63, 3.8) is 0 Å². The Bertz CT molecular complexity index is 507. The van der Waals surface area contributed by atoms with E-state index in [9.17, 15) is 5.21 Å². The van der Waals surface area contributed by atoms with Crippen LogP contribution in [0.25, 0.3) is 10.9 Å². The van der Waals surface area contributed by atoms with E-state index in [1.54, 1.807) is 18.2 Å². The molecule has 2 rings (SSSR count). The SMILES string of the molecule is O/N=c1\ccn(O)c2ccccc12.[Cl-]. The Morgan fingerprint density at radius 1 is 1.14 bits per heavy atom. The zero-order valence-corrected chi connectivity index (χ0v) is 7.89. The van der Waals surface area contributed by atoms with Crippen LogP contribution in [0.15, 0.2) is 41.7 Å². The van der Waals surface area contributed by atoms with Crippen molar-refractivity contribution in [3.05, 3.63) is 41.9 Å². The van der Waals surface area contributed by atoms with Crippen LogP contribution in [-0.4, -0.2) is 15.1 Å². The molecule has 5 heteroatoms. The predicted octanol–water partition coefficient (Wildman–Crippen LogP) is -1.83. The molecule has 2 N–H and O–H groups in total. The molecular weight excluding hydrogens is 204 g/mol. The first-order valence-corrected chi connectivity index (χ1v) is 3.80. The van der Waals surface area contributed by atoms with Crippen LogP contribution in [0.2, 0.25) is 0 Å². The highest BCUT2D eigenvalue weighted by molar-refractivity contribution is 5.77. The molecule has 2 aromatic rings. The van der Waals surface area contributed by atoms with Gasteiger partial charge in [-0.15, -0.1) is 0 Å². The number of nitrogens with zero attached hydrogens (tertiary/aromatic N) is 2. The van der Waals surface area contributed by atoms with Crippen LogP contribution in [-0.2, 0) is 0 Å². The lowest BCUT2D eigenvalue weighted by Gasteiger charge is -2.02. The zero-order chi connectivity index (χ0) is 9.26. The topological polar surface area (TPSA) is 57.8 Å². The summed E-state index contributed by atoms with van der Waals surface area (Å²) in [6, 6.07) is 8.66. The van der Waals surface area contributed by atoms with Crippen molar-refractivity contribution in [2.24, 2.45) is 5.16 Å². The number of hydrogen-bond acceptors (Lipinski definition) is 3. The van der Waals surface area contributed by atoms with E-state index in [2.05, 4.69) is 5.16 Å². The van der Waals surface area contributed by atoms with E-state index in [1.165, 1.54) is 12.3 Å². The minimum absolute atomic E-state index is 0. The van der Waals surface area contributed by atoms with Crippen molar-refractivity contribution in [3.8, 4) is 0 Å². The lowest BCUT2D eigenvalue weighted by Crippen LogP contribution is -3.00. The number of para-hydroxylation sites is 1. The summed E-state index contributed by atoms with van der Waals surface area (Å²) in [4.78, 5) is 0. The predicted molar refractivity (Wildman–Crippen MR) is 46.5 cm³/mol. The molecule has 0 unspecified atom stereocenters. The van der Waals surface area contributed by atoms with Crippen LogP contribution in [0.4, 0.5) is 0 Å². The van der Waals surface area contributed by atoms with Gasteiger partial charge in [0.2, 0.25) is 0 Å². The molecule has 74 valence electrons. The summed E-state index contributed by atoms with van der Waals surface area (Å²) in [6.45, 7) is 0. The van der Waals surface area contributed by atoms with Crippen LogP contribution in [0.1, 0.15) is 0 Å². The summed E-state index contributed by atoms with van der Waals surface area (Å²) in [5.41, 5.74) is 0.609. The van der Waals surface area contributed by atoms with Crippen LogP contribution in [0.5, 0.6) is 0 Å². The van der Waals surface area contributed by atoms with Gasteiger partial charge in [0.05, 0.1) is 5.52 Å². The molecule has 0 saturated carbocycles. The lowest BCUT2D eigenvalue weighted by atomic mass is 10.2. The number of pyridine rings is 1. The van der Waals surface area contributed by atoms with Crippen molar-refractivity contribution in [2.75, 3.05) is 0 Å². The average Bonchev–Trinajstić information content (AvgIpc) is 2.19. The standard InChI is InChI=1S/C9H8N2O2.ClH/c12-10-8-5-6-11(13)9-4-2-1-3-7(8)9;/h1-6,12-13H;1H/p-1/b10-8+;. The van der Waals surface area contributed by atoms with E-state index >= 15 is 0 Å². The Kier molecular flexibility index (Phi) is 2.99. The summed E-state index contributed by atoms with van der Waals surface area (Å²) in [7, 11) is 0. The maximum atomic E-state index is 9.38. The number of rotatable bonds is 0. The molecule has 0 bridgehead atoms. The van der Waals surface area contributed by atoms with Crippen molar-refractivity contribution < 1.29 is 22.8 Å². The molecule has 0 fully saturated rings. The van der Waals surface area contributed by atoms with E-state index in [-0.39, 0.29) is 12.4 Å². The third kappa shape index (κ3) is 1.52. The van der Waals surface area contributed by atoms with Crippen molar-refractivity contribution >= 4 is 10.9 Å². The second kappa shape index (κ2) is 4.02. The number of hydrogen-bond donors (Lipinski definition) is 2. The van der Waals surface area contributed by atoms with Gasteiger partial charge in [-0.1, -0.05) is 23.4 Å². The molecule has 0 atom stereocenters. The van der Waals surface area contributed by atoms with Gasteiger partial charge in [-0.2, -0.15) is 4.73 Å². The largest absolute Gasteiger partial charge is 1.00 e. The zero-order valence-electron chi connectivity index (χ0n) is 7.13. The van der Waals surface area contributed by atoms with Crippen molar-refractivity contribution in [2.45, 2.75) is 0 Å². The third-order valence-electron chi connectivity index (χ3n) is 1.91. The lowest BCUT2D eigenvalue weighted by molar-refractivity contribution is -0.00000487. The van der Waals surface area contributed by atoms with Gasteiger partial charge in [0, 0.05) is 11.6 Å². The molecular formula is C9H8ClN2O2-. The number of benzene rings is 1. The normalized spacial score (nSPS) is 11.3. The minimum atomic E-state index is 0. The van der Waals surface area contributed by atoms with Crippen LogP contribution in [0.3, 0.4) is 0 Å². The Morgan fingerprint density at radius 3 is 2.57 bits per heavy atom. The van der Waals surface area contributed by atoms with Gasteiger partial charge < -0.3 is 22.8 Å². The Balaban J connectivity index is 0.000000980. The first-order chi connectivity index (χ1) is 6.33. The Hall–Kier alpha value is -1.68. The summed E-state index contributed by atoms with van der Waals surface area (Å²) in [5.74, 6) is 0. The summed E-state index contributed by atoms with van der Waals surface area (Å²) in [5, 5.41) is 22.3. The molecule has 0 spiro atoms. The van der Waals surface area contributed by atoms with Crippen LogP contribution >= 0.6 is 0 Å². The second-order valence-corrected chi connectivity index (χ2v) is 2.66. The van der Waals surface area contributed by atoms with Crippen LogP contribution in [0, 0.1) is 0 Å². The number of halogens is 1. The van der Waals surface area contributed by atoms with Crippen molar-refractivity contribution in [1.82, 2.24) is 4.73 Å². The molecule has 14 heavy (non-hydrogen) atoms. The van der Waals surface area contributed by atoms with E-state index < -0.39 is 0 Å². The minimum Gasteiger partial charge on any atom is -1.00 e. The van der Waals surface area contributed by atoms with E-state index in [0.717, 1.165) is 4.73 Å². The van der Waals surface area contributed by atoms with E-state index in [0.29, 0.717) is 16.3 Å². The van der Waals surface area contributed by atoms with Gasteiger partial charge in [0.15, 0.2) is 0 Å². The maximum Gasteiger partial charge on any atom is 0.113 e. The summed E-state index contributed by atoms with van der Waals surface area (Å²) in [6.07, 6.45) is 1.43. The molecule has 1 aromatic heterocycles. The quantitative estimate of drug-likeness (QED) is 0.306. The van der Waals surface area contributed by atoms with Gasteiger partial charge >= 0.3 is 0 Å². The van der Waals surface area contributed by atoms with E-state index in [4.69, 9.17) is 5.21 Å². The molecule has 0 aliphatic heterocycles. The highest BCUT2D eigenvalue weighted by Gasteiger charge is 1.97. The molecule has 0 saturated heterocycles. The summed E-state index contributed by atoms with van der Waals surface area (Å²) >= 11 is 0. The molecule has 1 heterocycles. The maximum absolute atomic E-state index is 9.38. The monoisotopic (exact) mass is 211 g/mol. The van der Waals surface area contributed by atoms with E-state index in [1.807, 2.05) is 6.07 Å². The highest BCUT2D eigenvalue weighted by Crippen LogP contribution is 2.06. The fraction of sp³-hybridized carbons (Fsp3) is 0. The molecule has 0 amide bonds. The second-order valence-electron chi connectivity index (χ2n) is 2.66. The van der Waals surface area contributed by atoms with Gasteiger partial charge in [-0.25, -0.2) is 0 Å². The number of aromatic nitrogens is 1. The average molecular weight is 212 g/mol. The molecule has 4 nitrogen and oxygen atoms in total. The Morgan fingerprint density at radius 2 is 1.86 bits per heavy atom. The molecule has 0 aliphatic carbocycles. The third-order valence-corrected chi connectivity index (χ3v) is 1.91. The molecule has 0 radical (unpaired) electrons. The first kappa shape index (κ1) is 10.4. The molecule has 0 aliphatic rings. The smallest absolute Gasteiger partial charge is 0.113 e. The van der Waals surface area contributed by atoms with Gasteiger partial charge in [0.25, 0.3) is 0 Å². The first-order valence-electron chi connectivity index (χ1n) is 3.80. The van der Waals surface area contributed by atoms with Crippen LogP contribution < -0.4 is 17.8 Å². The fourth-order valence-corrected chi connectivity index (χ4v) is 1.29. The van der Waals surface area contributed by atoms with Gasteiger partial charge in [-0.05, 0) is 12.1 Å². The fourth-order valence-electron chi connectivity index (χ4n) is 1.29. The molecule has 1 aromatic carbocycles. The summed E-state index contributed by atoms with van der Waals surface area (Å²) < 4.78 is 0.990.